The van der Waals surface area contributed by atoms with Crippen molar-refractivity contribution >= 4 is 38.6 Å². The number of halogens is 1. The van der Waals surface area contributed by atoms with E-state index in [0.717, 1.165) is 16.4 Å². The molecule has 2 N–H and O–H groups in total. The van der Waals surface area contributed by atoms with Crippen molar-refractivity contribution < 1.29 is 5.11 Å². The Bertz CT molecular complexity index is 553. The van der Waals surface area contributed by atoms with Crippen LogP contribution in [-0.2, 0) is 0 Å². The van der Waals surface area contributed by atoms with E-state index in [9.17, 15) is 5.11 Å². The molecule has 0 radical (unpaired) electrons. The Kier molecular flexibility index (Phi) is 3.75. The number of hydrazone groups is 1. The molecule has 0 aliphatic rings. The second kappa shape index (κ2) is 5.29. The Morgan fingerprint density at radius 1 is 1.53 bits per heavy atom. The van der Waals surface area contributed by atoms with Crippen LogP contribution in [-0.4, -0.2) is 16.3 Å². The maximum absolute atomic E-state index is 9.33. The number of nitrogens with zero attached hydrogens (tertiary/aromatic N) is 2. The van der Waals surface area contributed by atoms with E-state index in [1.165, 1.54) is 11.3 Å². The lowest BCUT2D eigenvalue weighted by Crippen LogP contribution is -1.90. The van der Waals surface area contributed by atoms with Crippen molar-refractivity contribution in [2.75, 3.05) is 5.43 Å². The van der Waals surface area contributed by atoms with E-state index in [1.807, 2.05) is 12.3 Å². The number of thiazole rings is 1. The van der Waals surface area contributed by atoms with Crippen LogP contribution in [0, 0.1) is 6.92 Å². The van der Waals surface area contributed by atoms with Crippen LogP contribution in [0.25, 0.3) is 0 Å². The lowest BCUT2D eigenvalue weighted by atomic mass is 10.2. The van der Waals surface area contributed by atoms with Gasteiger partial charge < -0.3 is 5.11 Å². The molecule has 0 amide bonds. The summed E-state index contributed by atoms with van der Waals surface area (Å²) < 4.78 is 0.645. The minimum Gasteiger partial charge on any atom is -0.507 e. The molecule has 1 aromatic carbocycles. The van der Waals surface area contributed by atoms with Crippen LogP contribution in [0.5, 0.6) is 5.75 Å². The van der Waals surface area contributed by atoms with Crippen molar-refractivity contribution in [1.82, 2.24) is 4.98 Å². The van der Waals surface area contributed by atoms with Crippen LogP contribution in [0.4, 0.5) is 5.13 Å². The number of phenolic OH excluding ortho intramolecular Hbond substituents is 1. The molecular formula is C11H10BrN3OS. The lowest BCUT2D eigenvalue weighted by molar-refractivity contribution is 0.472. The number of hydrogen-bond donors (Lipinski definition) is 2. The molecule has 0 saturated carbocycles. The van der Waals surface area contributed by atoms with E-state index in [0.29, 0.717) is 4.47 Å². The van der Waals surface area contributed by atoms with E-state index >= 15 is 0 Å². The molecule has 88 valence electrons. The average molecular weight is 312 g/mol. The first kappa shape index (κ1) is 12.1. The Morgan fingerprint density at radius 3 is 3.00 bits per heavy atom. The van der Waals surface area contributed by atoms with Gasteiger partial charge >= 0.3 is 0 Å². The number of aromatic hydroxyl groups is 1. The van der Waals surface area contributed by atoms with Crippen LogP contribution >= 0.6 is 27.3 Å². The molecule has 4 nitrogen and oxygen atoms in total. The predicted molar refractivity (Wildman–Crippen MR) is 73.9 cm³/mol. The second-order valence-electron chi connectivity index (χ2n) is 3.37. The van der Waals surface area contributed by atoms with E-state index in [2.05, 4.69) is 31.4 Å². The van der Waals surface area contributed by atoms with Crippen LogP contribution in [0.1, 0.15) is 11.3 Å². The van der Waals surface area contributed by atoms with Gasteiger partial charge in [0.15, 0.2) is 0 Å². The highest BCUT2D eigenvalue weighted by Crippen LogP contribution is 2.23. The summed E-state index contributed by atoms with van der Waals surface area (Å²) in [7, 11) is 0. The summed E-state index contributed by atoms with van der Waals surface area (Å²) in [5.41, 5.74) is 4.70. The SMILES string of the molecule is Cc1csc(N/N=C\c2ccc(O)c(Br)c2)n1. The standard InChI is InChI=1S/C11H10BrN3OS/c1-7-6-17-11(14-7)15-13-5-8-2-3-10(16)9(12)4-8/h2-6,16H,1H3,(H,14,15)/b13-5-. The fourth-order valence-electron chi connectivity index (χ4n) is 1.17. The van der Waals surface area contributed by atoms with Gasteiger partial charge in [-0.05, 0) is 46.6 Å². The third-order valence-corrected chi connectivity index (χ3v) is 3.46. The summed E-state index contributed by atoms with van der Waals surface area (Å²) in [4.78, 5) is 4.22. The first-order chi connectivity index (χ1) is 8.15. The van der Waals surface area contributed by atoms with Gasteiger partial charge in [0.1, 0.15) is 5.75 Å². The fraction of sp³-hybridized carbons (Fsp3) is 0.0909. The minimum absolute atomic E-state index is 0.214. The van der Waals surface area contributed by atoms with Crippen LogP contribution < -0.4 is 5.43 Å². The highest BCUT2D eigenvalue weighted by molar-refractivity contribution is 9.10. The molecule has 0 spiro atoms. The van der Waals surface area contributed by atoms with E-state index in [4.69, 9.17) is 0 Å². The summed E-state index contributed by atoms with van der Waals surface area (Å²) >= 11 is 4.75. The largest absolute Gasteiger partial charge is 0.507 e. The van der Waals surface area contributed by atoms with E-state index < -0.39 is 0 Å². The van der Waals surface area contributed by atoms with Gasteiger partial charge in [-0.3, -0.25) is 5.43 Å². The molecule has 1 heterocycles. The molecule has 0 saturated heterocycles. The van der Waals surface area contributed by atoms with Crippen LogP contribution in [0.2, 0.25) is 0 Å². The van der Waals surface area contributed by atoms with E-state index in [-0.39, 0.29) is 5.75 Å². The normalized spacial score (nSPS) is 10.9. The summed E-state index contributed by atoms with van der Waals surface area (Å²) in [6, 6.07) is 5.17. The zero-order valence-electron chi connectivity index (χ0n) is 9.01. The zero-order chi connectivity index (χ0) is 12.3. The lowest BCUT2D eigenvalue weighted by Gasteiger charge is -1.98. The topological polar surface area (TPSA) is 57.5 Å². The summed E-state index contributed by atoms with van der Waals surface area (Å²) in [6.45, 7) is 1.93. The average Bonchev–Trinajstić information content (AvgIpc) is 2.70. The highest BCUT2D eigenvalue weighted by Gasteiger charge is 1.98. The smallest absolute Gasteiger partial charge is 0.203 e. The van der Waals surface area contributed by atoms with Crippen molar-refractivity contribution in [3.63, 3.8) is 0 Å². The quantitative estimate of drug-likeness (QED) is 0.675. The molecule has 0 fully saturated rings. The highest BCUT2D eigenvalue weighted by atomic mass is 79.9. The van der Waals surface area contributed by atoms with Crippen molar-refractivity contribution in [2.45, 2.75) is 6.92 Å². The molecule has 17 heavy (non-hydrogen) atoms. The number of rotatable bonds is 3. The number of phenols is 1. The molecule has 2 aromatic rings. The molecule has 0 bridgehead atoms. The number of nitrogens with one attached hydrogen (secondary N) is 1. The van der Waals surface area contributed by atoms with Gasteiger partial charge in [-0.25, -0.2) is 4.98 Å². The summed E-state index contributed by atoms with van der Waals surface area (Å²) in [5.74, 6) is 0.214. The Hall–Kier alpha value is -1.40. The second-order valence-corrected chi connectivity index (χ2v) is 5.09. The van der Waals surface area contributed by atoms with Crippen molar-refractivity contribution in [3.05, 3.63) is 39.3 Å². The van der Waals surface area contributed by atoms with Gasteiger partial charge in [0.2, 0.25) is 5.13 Å². The molecule has 0 aliphatic heterocycles. The molecule has 1 aromatic heterocycles. The third-order valence-electron chi connectivity index (χ3n) is 1.96. The fourth-order valence-corrected chi connectivity index (χ4v) is 2.20. The van der Waals surface area contributed by atoms with Gasteiger partial charge in [-0.15, -0.1) is 11.3 Å². The van der Waals surface area contributed by atoms with Gasteiger partial charge in [0.25, 0.3) is 0 Å². The van der Waals surface area contributed by atoms with Crippen molar-refractivity contribution in [1.29, 1.82) is 0 Å². The van der Waals surface area contributed by atoms with Crippen molar-refractivity contribution in [3.8, 4) is 5.75 Å². The zero-order valence-corrected chi connectivity index (χ0v) is 11.4. The Balaban J connectivity index is 2.03. The monoisotopic (exact) mass is 311 g/mol. The summed E-state index contributed by atoms with van der Waals surface area (Å²) in [6.07, 6.45) is 1.67. The van der Waals surface area contributed by atoms with Crippen molar-refractivity contribution in [2.24, 2.45) is 5.10 Å². The maximum atomic E-state index is 9.33. The van der Waals surface area contributed by atoms with Gasteiger partial charge in [0.05, 0.1) is 16.4 Å². The number of benzene rings is 1. The molecule has 6 heteroatoms. The first-order valence-corrected chi connectivity index (χ1v) is 6.52. The first-order valence-electron chi connectivity index (χ1n) is 4.85. The number of anilines is 1. The van der Waals surface area contributed by atoms with Gasteiger partial charge in [-0.1, -0.05) is 0 Å². The molecule has 2 rings (SSSR count). The molecule has 0 unspecified atom stereocenters. The Morgan fingerprint density at radius 2 is 2.35 bits per heavy atom. The number of aromatic nitrogens is 1. The molecular weight excluding hydrogens is 302 g/mol. The molecule has 0 atom stereocenters. The maximum Gasteiger partial charge on any atom is 0.203 e. The predicted octanol–water partition coefficient (Wildman–Crippen LogP) is 3.37. The Labute approximate surface area is 111 Å². The van der Waals surface area contributed by atoms with Gasteiger partial charge in [0, 0.05) is 5.38 Å². The number of hydrogen-bond acceptors (Lipinski definition) is 5. The third kappa shape index (κ3) is 3.28. The summed E-state index contributed by atoms with van der Waals surface area (Å²) in [5, 5.41) is 16.1. The number of aryl methyl sites for hydroxylation is 1. The van der Waals surface area contributed by atoms with Crippen LogP contribution in [0.15, 0.2) is 33.2 Å². The molecule has 0 aliphatic carbocycles. The van der Waals surface area contributed by atoms with Crippen LogP contribution in [0.3, 0.4) is 0 Å². The minimum atomic E-state index is 0.214. The van der Waals surface area contributed by atoms with Gasteiger partial charge in [-0.2, -0.15) is 5.10 Å². The van der Waals surface area contributed by atoms with E-state index in [1.54, 1.807) is 24.4 Å².